The van der Waals surface area contributed by atoms with Gasteiger partial charge >= 0.3 is 0 Å². The van der Waals surface area contributed by atoms with Crippen LogP contribution in [0.1, 0.15) is 20.8 Å². The lowest BCUT2D eigenvalue weighted by Gasteiger charge is -2.24. The van der Waals surface area contributed by atoms with Crippen LogP contribution in [0.15, 0.2) is 22.8 Å². The molecule has 0 bridgehead atoms. The van der Waals surface area contributed by atoms with Crippen LogP contribution in [0.2, 0.25) is 18.1 Å². The number of hydrogen-bond acceptors (Lipinski definition) is 2. The van der Waals surface area contributed by atoms with Gasteiger partial charge in [0.25, 0.3) is 0 Å². The van der Waals surface area contributed by atoms with E-state index >= 15 is 0 Å². The van der Waals surface area contributed by atoms with Crippen LogP contribution >= 0.6 is 15.9 Å². The van der Waals surface area contributed by atoms with Crippen molar-refractivity contribution in [2.45, 2.75) is 44.9 Å². The highest BCUT2D eigenvalue weighted by Gasteiger charge is 2.24. The molecule has 1 aliphatic heterocycles. The van der Waals surface area contributed by atoms with Gasteiger partial charge in [-0.05, 0) is 46.2 Å². The number of hydrogen-bond donors (Lipinski definition) is 1. The minimum absolute atomic E-state index is 0.0211. The molecule has 2 N–H and O–H groups in total. The molecular formula is C13H21BrN2Si. The van der Waals surface area contributed by atoms with Crippen molar-refractivity contribution in [3.63, 3.8) is 0 Å². The highest BCUT2D eigenvalue weighted by atomic mass is 79.9. The van der Waals surface area contributed by atoms with Gasteiger partial charge in [0.2, 0.25) is 0 Å². The van der Waals surface area contributed by atoms with Crippen LogP contribution in [0.3, 0.4) is 0 Å². The Bertz CT molecular complexity index is 366. The fraction of sp³-hybridized carbons (Fsp3) is 0.538. The van der Waals surface area contributed by atoms with Crippen LogP contribution in [0.25, 0.3) is 0 Å². The van der Waals surface area contributed by atoms with Crippen LogP contribution in [0, 0.1) is 11.5 Å². The third kappa shape index (κ3) is 3.73. The smallest absolute Gasteiger partial charge is 0.137 e. The van der Waals surface area contributed by atoms with Crippen molar-refractivity contribution in [3.8, 4) is 11.5 Å². The first-order chi connectivity index (χ1) is 8.06. The third-order valence-electron chi connectivity index (χ3n) is 3.55. The number of halogens is 1. The van der Waals surface area contributed by atoms with Gasteiger partial charge in [-0.25, -0.2) is 5.84 Å². The number of nitrogens with zero attached hydrogens (tertiary/aromatic N) is 1. The summed E-state index contributed by atoms with van der Waals surface area (Å²) in [5.74, 6) is 9.26. The first-order valence-corrected chi connectivity index (χ1v) is 9.59. The van der Waals surface area contributed by atoms with E-state index in [2.05, 4.69) is 48.2 Å². The van der Waals surface area contributed by atoms with Gasteiger partial charge in [-0.15, -0.1) is 5.54 Å². The monoisotopic (exact) mass is 312 g/mol. The average molecular weight is 313 g/mol. The van der Waals surface area contributed by atoms with Crippen molar-refractivity contribution >= 4 is 24.0 Å². The van der Waals surface area contributed by atoms with Gasteiger partial charge in [-0.3, -0.25) is 5.01 Å². The van der Waals surface area contributed by atoms with Crippen LogP contribution in [-0.4, -0.2) is 19.1 Å². The molecule has 0 fully saturated rings. The van der Waals surface area contributed by atoms with E-state index in [9.17, 15) is 0 Å². The van der Waals surface area contributed by atoms with Gasteiger partial charge in [0.05, 0.1) is 0 Å². The molecule has 0 saturated carbocycles. The Morgan fingerprint density at radius 1 is 1.35 bits per heavy atom. The topological polar surface area (TPSA) is 29.3 Å². The van der Waals surface area contributed by atoms with Gasteiger partial charge in [-0.1, -0.05) is 26.7 Å². The molecule has 17 heavy (non-hydrogen) atoms. The lowest BCUT2D eigenvalue weighted by molar-refractivity contribution is 0.380. The normalized spacial score (nSPS) is 19.7. The third-order valence-corrected chi connectivity index (χ3v) is 8.75. The Hall–Kier alpha value is -0.503. The minimum atomic E-state index is -1.36. The summed E-state index contributed by atoms with van der Waals surface area (Å²) < 4.78 is 0.989. The summed E-state index contributed by atoms with van der Waals surface area (Å²) in [5.41, 5.74) is 3.57. The molecule has 1 atom stereocenters. The van der Waals surface area contributed by atoms with Crippen molar-refractivity contribution in [3.05, 3.63) is 22.8 Å². The zero-order valence-corrected chi connectivity index (χ0v) is 13.4. The Balaban J connectivity index is 2.82. The fourth-order valence-corrected chi connectivity index (χ4v) is 4.79. The zero-order chi connectivity index (χ0) is 12.9. The molecule has 1 unspecified atom stereocenters. The second-order valence-corrected chi connectivity index (χ2v) is 10.2. The zero-order valence-electron chi connectivity index (χ0n) is 10.8. The molecule has 2 nitrogen and oxygen atoms in total. The van der Waals surface area contributed by atoms with Gasteiger partial charge < -0.3 is 0 Å². The summed E-state index contributed by atoms with van der Waals surface area (Å²) in [5, 5.41) is 1.66. The molecule has 4 heteroatoms. The molecule has 1 aliphatic rings. The van der Waals surface area contributed by atoms with E-state index in [1.165, 1.54) is 18.1 Å². The quantitative estimate of drug-likeness (QED) is 0.492. The lowest BCUT2D eigenvalue weighted by atomic mass is 10.2. The minimum Gasteiger partial charge on any atom is -0.298 e. The predicted molar refractivity (Wildman–Crippen MR) is 80.9 cm³/mol. The van der Waals surface area contributed by atoms with Crippen molar-refractivity contribution in [2.24, 2.45) is 5.84 Å². The summed E-state index contributed by atoms with van der Waals surface area (Å²) in [6.07, 6.45) is 5.92. The van der Waals surface area contributed by atoms with Gasteiger partial charge in [0, 0.05) is 10.7 Å². The Morgan fingerprint density at radius 2 is 1.94 bits per heavy atom. The van der Waals surface area contributed by atoms with E-state index < -0.39 is 8.07 Å². The summed E-state index contributed by atoms with van der Waals surface area (Å²) in [4.78, 5) is 0. The van der Waals surface area contributed by atoms with Crippen molar-refractivity contribution in [1.29, 1.82) is 0 Å². The molecule has 0 spiro atoms. The summed E-state index contributed by atoms with van der Waals surface area (Å²) in [6.45, 7) is 6.80. The molecule has 94 valence electrons. The number of hydrazine groups is 1. The molecule has 0 aromatic rings. The Morgan fingerprint density at radius 3 is 2.41 bits per heavy atom. The summed E-state index contributed by atoms with van der Waals surface area (Å²) >= 11 is 3.40. The van der Waals surface area contributed by atoms with Crippen LogP contribution in [0.5, 0.6) is 0 Å². The largest absolute Gasteiger partial charge is 0.298 e. The van der Waals surface area contributed by atoms with Crippen molar-refractivity contribution in [2.75, 3.05) is 0 Å². The molecular weight excluding hydrogens is 292 g/mol. The Labute approximate surface area is 114 Å². The van der Waals surface area contributed by atoms with E-state index in [1.807, 2.05) is 18.4 Å². The Kier molecular flexibility index (Phi) is 5.51. The number of allylic oxidation sites excluding steroid dienone is 2. The van der Waals surface area contributed by atoms with Gasteiger partial charge in [-0.2, -0.15) is 0 Å². The molecule has 0 aromatic heterocycles. The van der Waals surface area contributed by atoms with Crippen LogP contribution < -0.4 is 5.84 Å². The predicted octanol–water partition coefficient (Wildman–Crippen LogP) is 3.39. The number of rotatable bonds is 3. The van der Waals surface area contributed by atoms with E-state index in [4.69, 9.17) is 5.84 Å². The van der Waals surface area contributed by atoms with E-state index in [-0.39, 0.29) is 6.04 Å². The lowest BCUT2D eigenvalue weighted by Crippen LogP contribution is -2.37. The molecule has 0 radical (unpaired) electrons. The maximum Gasteiger partial charge on any atom is 0.137 e. The highest BCUT2D eigenvalue weighted by molar-refractivity contribution is 9.11. The molecule has 0 aromatic carbocycles. The first kappa shape index (κ1) is 14.6. The summed E-state index contributed by atoms with van der Waals surface area (Å²) in [7, 11) is -1.36. The second kappa shape index (κ2) is 6.44. The van der Waals surface area contributed by atoms with E-state index in [0.717, 1.165) is 4.48 Å². The average Bonchev–Trinajstić information content (AvgIpc) is 2.33. The number of nitrogens with two attached hydrogens (primary N) is 1. The molecule has 1 heterocycles. The van der Waals surface area contributed by atoms with Crippen LogP contribution in [-0.2, 0) is 0 Å². The van der Waals surface area contributed by atoms with Crippen molar-refractivity contribution < 1.29 is 0 Å². The van der Waals surface area contributed by atoms with Crippen LogP contribution in [0.4, 0.5) is 0 Å². The van der Waals surface area contributed by atoms with E-state index in [0.29, 0.717) is 0 Å². The van der Waals surface area contributed by atoms with Gasteiger partial charge in [0.15, 0.2) is 0 Å². The SMILES string of the molecule is CC[Si](C#CC1C=CC(Br)=CN1N)(CC)CC. The molecule has 0 saturated heterocycles. The molecule has 0 aliphatic carbocycles. The maximum absolute atomic E-state index is 5.91. The van der Waals surface area contributed by atoms with Crippen molar-refractivity contribution in [1.82, 2.24) is 5.01 Å². The first-order valence-electron chi connectivity index (χ1n) is 6.18. The van der Waals surface area contributed by atoms with Gasteiger partial charge in [0.1, 0.15) is 14.1 Å². The second-order valence-electron chi connectivity index (χ2n) is 4.38. The summed E-state index contributed by atoms with van der Waals surface area (Å²) in [6, 6.07) is 3.71. The fourth-order valence-electron chi connectivity index (χ4n) is 1.91. The molecule has 0 amide bonds. The maximum atomic E-state index is 5.91. The molecule has 1 rings (SSSR count). The standard InChI is InChI=1S/C13H21BrN2Si/c1-4-17(5-2,6-3)10-9-13-8-7-12(14)11-16(13)15/h7-8,11,13H,4-6,15H2,1-3H3. The highest BCUT2D eigenvalue weighted by Crippen LogP contribution is 2.20. The van der Waals surface area contributed by atoms with E-state index in [1.54, 1.807) is 5.01 Å².